The number of carbonyl (C=O) groups excluding carboxylic acids is 1. The van der Waals surface area contributed by atoms with Gasteiger partial charge in [-0.25, -0.2) is 9.97 Å². The van der Waals surface area contributed by atoms with Crippen molar-refractivity contribution in [3.8, 4) is 0 Å². The Balaban J connectivity index is 1.73. The molecule has 0 spiro atoms. The van der Waals surface area contributed by atoms with Crippen molar-refractivity contribution in [1.29, 1.82) is 0 Å². The first-order valence-electron chi connectivity index (χ1n) is 8.23. The fourth-order valence-corrected chi connectivity index (χ4v) is 4.44. The summed E-state index contributed by atoms with van der Waals surface area (Å²) in [6, 6.07) is 0. The largest absolute Gasteiger partial charge is 0.375 e. The predicted molar refractivity (Wildman–Crippen MR) is 90.2 cm³/mol. The summed E-state index contributed by atoms with van der Waals surface area (Å²) in [6.45, 7) is 7.99. The fourth-order valence-electron chi connectivity index (χ4n) is 3.23. The highest BCUT2D eigenvalue weighted by Gasteiger charge is 2.30. The zero-order chi connectivity index (χ0) is 16.1. The molecule has 2 aromatic rings. The Hall–Kier alpha value is -1.53. The van der Waals surface area contributed by atoms with Gasteiger partial charge < -0.3 is 9.64 Å². The highest BCUT2D eigenvalue weighted by Crippen LogP contribution is 2.40. The molecule has 0 aromatic carbocycles. The minimum Gasteiger partial charge on any atom is -0.375 e. The van der Waals surface area contributed by atoms with E-state index < -0.39 is 0 Å². The number of carbonyl (C=O) groups is 1. The van der Waals surface area contributed by atoms with Crippen LogP contribution in [-0.2, 0) is 4.74 Å². The Morgan fingerprint density at radius 1 is 1.30 bits per heavy atom. The lowest BCUT2D eigenvalue weighted by Gasteiger charge is -2.31. The topological polar surface area (TPSA) is 55.3 Å². The van der Waals surface area contributed by atoms with Crippen molar-refractivity contribution in [2.45, 2.75) is 45.6 Å². The zero-order valence-electron chi connectivity index (χ0n) is 13.8. The summed E-state index contributed by atoms with van der Waals surface area (Å²) in [4.78, 5) is 26.0. The third-order valence-corrected chi connectivity index (χ3v) is 5.83. The quantitative estimate of drug-likeness (QED) is 0.849. The van der Waals surface area contributed by atoms with Crippen molar-refractivity contribution in [2.24, 2.45) is 0 Å². The molecule has 122 valence electrons. The molecule has 4 rings (SSSR count). The Kier molecular flexibility index (Phi) is 3.61. The van der Waals surface area contributed by atoms with Gasteiger partial charge in [-0.05, 0) is 39.2 Å². The van der Waals surface area contributed by atoms with Crippen molar-refractivity contribution in [3.05, 3.63) is 22.0 Å². The van der Waals surface area contributed by atoms with E-state index in [0.717, 1.165) is 32.2 Å². The van der Waals surface area contributed by atoms with Crippen LogP contribution in [0.4, 0.5) is 0 Å². The molecule has 23 heavy (non-hydrogen) atoms. The number of morpholine rings is 1. The van der Waals surface area contributed by atoms with E-state index in [2.05, 4.69) is 4.98 Å². The lowest BCUT2D eigenvalue weighted by atomic mass is 10.1. The van der Waals surface area contributed by atoms with Crippen LogP contribution in [0.15, 0.2) is 0 Å². The third kappa shape index (κ3) is 2.64. The van der Waals surface area contributed by atoms with E-state index in [4.69, 9.17) is 9.72 Å². The number of fused-ring (bicyclic) bond motifs is 1. The number of aromatic nitrogens is 2. The van der Waals surface area contributed by atoms with Crippen molar-refractivity contribution < 1.29 is 9.53 Å². The van der Waals surface area contributed by atoms with Gasteiger partial charge in [0.15, 0.2) is 0 Å². The number of ether oxygens (including phenoxy) is 1. The SMILES string of the molecule is Cc1nc(C2CC2)nc2sc(C(=O)N3CCO[C@H](C)C3)c(C)c12. The number of aryl methyl sites for hydroxylation is 2. The van der Waals surface area contributed by atoms with E-state index in [-0.39, 0.29) is 12.0 Å². The van der Waals surface area contributed by atoms with Gasteiger partial charge in [0, 0.05) is 24.4 Å². The van der Waals surface area contributed by atoms with Crippen molar-refractivity contribution >= 4 is 27.5 Å². The van der Waals surface area contributed by atoms with Crippen LogP contribution in [0.2, 0.25) is 0 Å². The van der Waals surface area contributed by atoms with Crippen molar-refractivity contribution in [2.75, 3.05) is 19.7 Å². The molecule has 2 fully saturated rings. The molecule has 0 unspecified atom stereocenters. The summed E-state index contributed by atoms with van der Waals surface area (Å²) in [7, 11) is 0. The molecule has 1 saturated carbocycles. The standard InChI is InChI=1S/C17H21N3O2S/c1-9-8-20(6-7-22-9)17(21)14-10(2)13-11(3)18-15(12-4-5-12)19-16(13)23-14/h9,12H,4-8H2,1-3H3/t9-/m1/s1. The summed E-state index contributed by atoms with van der Waals surface area (Å²) in [5.74, 6) is 1.59. The maximum atomic E-state index is 12.9. The molecule has 0 radical (unpaired) electrons. The maximum Gasteiger partial charge on any atom is 0.264 e. The normalized spacial score (nSPS) is 21.9. The predicted octanol–water partition coefficient (Wildman–Crippen LogP) is 3.05. The van der Waals surface area contributed by atoms with Crippen LogP contribution in [0.5, 0.6) is 0 Å². The third-order valence-electron chi connectivity index (χ3n) is 4.65. The van der Waals surface area contributed by atoms with Gasteiger partial charge in [-0.3, -0.25) is 4.79 Å². The fraction of sp³-hybridized carbons (Fsp3) is 0.588. The molecular formula is C17H21N3O2S. The van der Waals surface area contributed by atoms with E-state index >= 15 is 0 Å². The van der Waals surface area contributed by atoms with Crippen LogP contribution in [0.1, 0.15) is 52.4 Å². The molecule has 0 bridgehead atoms. The van der Waals surface area contributed by atoms with Gasteiger partial charge in [-0.15, -0.1) is 11.3 Å². The zero-order valence-corrected chi connectivity index (χ0v) is 14.6. The molecule has 2 aliphatic rings. The van der Waals surface area contributed by atoms with Crippen LogP contribution in [-0.4, -0.2) is 46.6 Å². The summed E-state index contributed by atoms with van der Waals surface area (Å²) < 4.78 is 5.54. The highest BCUT2D eigenvalue weighted by atomic mass is 32.1. The van der Waals surface area contributed by atoms with Crippen LogP contribution >= 0.6 is 11.3 Å². The Morgan fingerprint density at radius 2 is 2.09 bits per heavy atom. The number of rotatable bonds is 2. The highest BCUT2D eigenvalue weighted by molar-refractivity contribution is 7.20. The van der Waals surface area contributed by atoms with Crippen LogP contribution in [0, 0.1) is 13.8 Å². The molecule has 1 aliphatic carbocycles. The van der Waals surface area contributed by atoms with Gasteiger partial charge in [0.25, 0.3) is 5.91 Å². The van der Waals surface area contributed by atoms with Gasteiger partial charge in [-0.2, -0.15) is 0 Å². The van der Waals surface area contributed by atoms with Gasteiger partial charge >= 0.3 is 0 Å². The summed E-state index contributed by atoms with van der Waals surface area (Å²) >= 11 is 1.52. The summed E-state index contributed by atoms with van der Waals surface area (Å²) in [5, 5.41) is 1.06. The van der Waals surface area contributed by atoms with Gasteiger partial charge in [0.05, 0.1) is 23.3 Å². The molecule has 0 N–H and O–H groups in total. The van der Waals surface area contributed by atoms with Crippen molar-refractivity contribution in [3.63, 3.8) is 0 Å². The Bertz CT molecular complexity index is 782. The second kappa shape index (κ2) is 5.53. The lowest BCUT2D eigenvalue weighted by Crippen LogP contribution is -2.44. The summed E-state index contributed by atoms with van der Waals surface area (Å²) in [5.41, 5.74) is 2.02. The molecule has 1 aliphatic heterocycles. The number of hydrogen-bond acceptors (Lipinski definition) is 5. The molecule has 3 heterocycles. The average molecular weight is 331 g/mol. The van der Waals surface area contributed by atoms with Crippen molar-refractivity contribution in [1.82, 2.24) is 14.9 Å². The average Bonchev–Trinajstić information content (AvgIpc) is 3.31. The molecular weight excluding hydrogens is 310 g/mol. The maximum absolute atomic E-state index is 12.9. The van der Waals surface area contributed by atoms with Crippen LogP contribution in [0.25, 0.3) is 10.2 Å². The van der Waals surface area contributed by atoms with Crippen LogP contribution in [0.3, 0.4) is 0 Å². The lowest BCUT2D eigenvalue weighted by molar-refractivity contribution is -0.0122. The summed E-state index contributed by atoms with van der Waals surface area (Å²) in [6.07, 6.45) is 2.48. The molecule has 1 amide bonds. The smallest absolute Gasteiger partial charge is 0.264 e. The first-order chi connectivity index (χ1) is 11.0. The minimum absolute atomic E-state index is 0.102. The first-order valence-corrected chi connectivity index (χ1v) is 9.04. The Labute approximate surface area is 139 Å². The van der Waals surface area contributed by atoms with Gasteiger partial charge in [-0.1, -0.05) is 0 Å². The molecule has 5 nitrogen and oxygen atoms in total. The molecule has 1 atom stereocenters. The number of nitrogens with zero attached hydrogens (tertiary/aromatic N) is 3. The first kappa shape index (κ1) is 15.0. The molecule has 6 heteroatoms. The van der Waals surface area contributed by atoms with Gasteiger partial charge in [0.2, 0.25) is 0 Å². The van der Waals surface area contributed by atoms with E-state index in [1.54, 1.807) is 0 Å². The van der Waals surface area contributed by atoms with Gasteiger partial charge in [0.1, 0.15) is 10.7 Å². The number of amides is 1. The Morgan fingerprint density at radius 3 is 2.78 bits per heavy atom. The monoisotopic (exact) mass is 331 g/mol. The van der Waals surface area contributed by atoms with Crippen LogP contribution < -0.4 is 0 Å². The second-order valence-electron chi connectivity index (χ2n) is 6.61. The van der Waals surface area contributed by atoms with E-state index in [1.807, 2.05) is 25.7 Å². The molecule has 2 aromatic heterocycles. The number of thiophene rings is 1. The van der Waals surface area contributed by atoms with E-state index in [1.165, 1.54) is 24.2 Å². The second-order valence-corrected chi connectivity index (χ2v) is 7.61. The van der Waals surface area contributed by atoms with E-state index in [0.29, 0.717) is 25.6 Å². The minimum atomic E-state index is 0.102. The number of hydrogen-bond donors (Lipinski definition) is 0. The van der Waals surface area contributed by atoms with E-state index in [9.17, 15) is 4.79 Å². The molecule has 1 saturated heterocycles.